The number of nitrogens with one attached hydrogen (secondary N) is 1. The fourth-order valence-corrected chi connectivity index (χ4v) is 3.19. The van der Waals surface area contributed by atoms with Crippen LogP contribution in [0.5, 0.6) is 0 Å². The van der Waals surface area contributed by atoms with E-state index in [1.165, 1.54) is 12.1 Å². The van der Waals surface area contributed by atoms with Crippen molar-refractivity contribution in [2.75, 3.05) is 25.0 Å². The molecule has 1 aliphatic heterocycles. The SMILES string of the molecule is CNC1CCN(c2cnc(C#CC(C)(C)O)c(-c3ccc(C#N)c(F)c3)n2)CC1. The molecule has 0 saturated carbocycles. The van der Waals surface area contributed by atoms with Gasteiger partial charge in [0.15, 0.2) is 0 Å². The van der Waals surface area contributed by atoms with Crippen molar-refractivity contribution in [3.05, 3.63) is 41.5 Å². The van der Waals surface area contributed by atoms with Crippen LogP contribution in [-0.2, 0) is 0 Å². The van der Waals surface area contributed by atoms with Gasteiger partial charge in [-0.05, 0) is 51.8 Å². The van der Waals surface area contributed by atoms with Crippen molar-refractivity contribution >= 4 is 5.82 Å². The summed E-state index contributed by atoms with van der Waals surface area (Å²) in [6.07, 6.45) is 3.66. The van der Waals surface area contributed by atoms with Crippen molar-refractivity contribution < 1.29 is 9.50 Å². The molecule has 0 spiro atoms. The maximum atomic E-state index is 14.2. The number of benzene rings is 1. The van der Waals surface area contributed by atoms with Crippen LogP contribution in [0.25, 0.3) is 11.3 Å². The molecule has 0 aliphatic carbocycles. The average molecular weight is 393 g/mol. The normalized spacial score (nSPS) is 14.8. The molecule has 1 saturated heterocycles. The molecule has 1 aliphatic rings. The Kier molecular flexibility index (Phi) is 6.12. The summed E-state index contributed by atoms with van der Waals surface area (Å²) in [7, 11) is 1.97. The van der Waals surface area contributed by atoms with E-state index in [-0.39, 0.29) is 5.56 Å². The summed E-state index contributed by atoms with van der Waals surface area (Å²) in [5.74, 6) is 5.67. The van der Waals surface area contributed by atoms with Gasteiger partial charge in [0.1, 0.15) is 34.7 Å². The molecule has 2 heterocycles. The van der Waals surface area contributed by atoms with E-state index in [0.29, 0.717) is 28.8 Å². The van der Waals surface area contributed by atoms with Crippen molar-refractivity contribution in [2.24, 2.45) is 0 Å². The summed E-state index contributed by atoms with van der Waals surface area (Å²) < 4.78 is 14.2. The Balaban J connectivity index is 2.03. The fraction of sp³-hybridized carbons (Fsp3) is 0.409. The minimum Gasteiger partial charge on any atom is -0.378 e. The van der Waals surface area contributed by atoms with Crippen molar-refractivity contribution in [3.8, 4) is 29.2 Å². The second-order valence-corrected chi connectivity index (χ2v) is 7.59. The third-order valence-corrected chi connectivity index (χ3v) is 4.84. The maximum Gasteiger partial charge on any atom is 0.147 e. The maximum absolute atomic E-state index is 14.2. The highest BCUT2D eigenvalue weighted by Gasteiger charge is 2.21. The highest BCUT2D eigenvalue weighted by atomic mass is 19.1. The summed E-state index contributed by atoms with van der Waals surface area (Å²) in [6, 6.07) is 6.64. The predicted molar refractivity (Wildman–Crippen MR) is 110 cm³/mol. The minimum atomic E-state index is -1.19. The van der Waals surface area contributed by atoms with Gasteiger partial charge in [0, 0.05) is 24.7 Å². The first-order valence-corrected chi connectivity index (χ1v) is 9.55. The Morgan fingerprint density at radius 1 is 1.31 bits per heavy atom. The summed E-state index contributed by atoms with van der Waals surface area (Å²) >= 11 is 0. The van der Waals surface area contributed by atoms with Crippen LogP contribution < -0.4 is 10.2 Å². The van der Waals surface area contributed by atoms with Gasteiger partial charge in [-0.25, -0.2) is 14.4 Å². The van der Waals surface area contributed by atoms with Gasteiger partial charge >= 0.3 is 0 Å². The zero-order valence-electron chi connectivity index (χ0n) is 16.8. The number of piperidine rings is 1. The van der Waals surface area contributed by atoms with Gasteiger partial charge in [0.25, 0.3) is 0 Å². The van der Waals surface area contributed by atoms with E-state index >= 15 is 0 Å². The van der Waals surface area contributed by atoms with Gasteiger partial charge in [0.05, 0.1) is 11.8 Å². The van der Waals surface area contributed by atoms with Gasteiger partial charge in [-0.15, -0.1) is 0 Å². The van der Waals surface area contributed by atoms with Crippen molar-refractivity contribution in [1.29, 1.82) is 5.26 Å². The summed E-state index contributed by atoms with van der Waals surface area (Å²) in [5, 5.41) is 22.2. The van der Waals surface area contributed by atoms with Crippen LogP contribution in [0.4, 0.5) is 10.2 Å². The Morgan fingerprint density at radius 3 is 2.62 bits per heavy atom. The predicted octanol–water partition coefficient (Wildman–Crippen LogP) is 2.46. The van der Waals surface area contributed by atoms with E-state index < -0.39 is 11.4 Å². The zero-order chi connectivity index (χ0) is 21.0. The quantitative estimate of drug-likeness (QED) is 0.780. The molecule has 7 heteroatoms. The number of hydrogen-bond donors (Lipinski definition) is 2. The van der Waals surface area contributed by atoms with E-state index in [9.17, 15) is 9.50 Å². The fourth-order valence-electron chi connectivity index (χ4n) is 3.19. The second-order valence-electron chi connectivity index (χ2n) is 7.59. The molecule has 29 heavy (non-hydrogen) atoms. The Labute approximate surface area is 170 Å². The molecule has 6 nitrogen and oxygen atoms in total. The zero-order valence-corrected chi connectivity index (χ0v) is 16.8. The summed E-state index contributed by atoms with van der Waals surface area (Å²) in [4.78, 5) is 11.3. The molecule has 0 bridgehead atoms. The van der Waals surface area contributed by atoms with Crippen molar-refractivity contribution in [3.63, 3.8) is 0 Å². The third-order valence-electron chi connectivity index (χ3n) is 4.84. The lowest BCUT2D eigenvalue weighted by Crippen LogP contribution is -2.41. The standard InChI is InChI=1S/C22H24FN5O/c1-22(2,29)9-6-19-21(15-4-5-16(13-24)18(23)12-15)27-20(14-26-19)28-10-7-17(25-3)8-11-28/h4-5,12,14,17,25,29H,7-8,10-11H2,1-3H3. The van der Waals surface area contributed by atoms with Crippen LogP contribution in [0.2, 0.25) is 0 Å². The first-order valence-electron chi connectivity index (χ1n) is 9.55. The highest BCUT2D eigenvalue weighted by molar-refractivity contribution is 5.68. The number of nitrogens with zero attached hydrogens (tertiary/aromatic N) is 4. The van der Waals surface area contributed by atoms with Crippen LogP contribution in [-0.4, -0.2) is 46.9 Å². The van der Waals surface area contributed by atoms with E-state index in [1.54, 1.807) is 26.1 Å². The minimum absolute atomic E-state index is 0.0314. The number of aromatic nitrogens is 2. The van der Waals surface area contributed by atoms with Gasteiger partial charge < -0.3 is 15.3 Å². The third kappa shape index (κ3) is 5.08. The Morgan fingerprint density at radius 2 is 2.03 bits per heavy atom. The molecule has 1 fully saturated rings. The number of halogens is 1. The van der Waals surface area contributed by atoms with Crippen molar-refractivity contribution in [1.82, 2.24) is 15.3 Å². The van der Waals surface area contributed by atoms with E-state index in [4.69, 9.17) is 10.2 Å². The van der Waals surface area contributed by atoms with Gasteiger partial charge in [-0.3, -0.25) is 0 Å². The molecule has 0 unspecified atom stereocenters. The first kappa shape index (κ1) is 20.7. The molecular weight excluding hydrogens is 369 g/mol. The van der Waals surface area contributed by atoms with Gasteiger partial charge in [-0.1, -0.05) is 12.0 Å². The lowest BCUT2D eigenvalue weighted by atomic mass is 10.0. The Bertz CT molecular complexity index is 989. The molecule has 2 aromatic rings. The van der Waals surface area contributed by atoms with E-state index in [2.05, 4.69) is 27.0 Å². The van der Waals surface area contributed by atoms with Crippen LogP contribution >= 0.6 is 0 Å². The summed E-state index contributed by atoms with van der Waals surface area (Å²) in [6.45, 7) is 4.84. The lowest BCUT2D eigenvalue weighted by Gasteiger charge is -2.32. The van der Waals surface area contributed by atoms with Crippen LogP contribution in [0.1, 0.15) is 37.9 Å². The molecule has 3 rings (SSSR count). The van der Waals surface area contributed by atoms with Crippen LogP contribution in [0.15, 0.2) is 24.4 Å². The van der Waals surface area contributed by atoms with Crippen molar-refractivity contribution in [2.45, 2.75) is 38.3 Å². The first-order chi connectivity index (χ1) is 13.8. The highest BCUT2D eigenvalue weighted by Crippen LogP contribution is 2.26. The van der Waals surface area contributed by atoms with Gasteiger partial charge in [-0.2, -0.15) is 5.26 Å². The number of anilines is 1. The molecule has 1 aromatic carbocycles. The Hall–Kier alpha value is -3.00. The van der Waals surface area contributed by atoms with Crippen LogP contribution in [0.3, 0.4) is 0 Å². The smallest absolute Gasteiger partial charge is 0.147 e. The molecule has 1 aromatic heterocycles. The molecule has 0 amide bonds. The molecule has 0 atom stereocenters. The van der Waals surface area contributed by atoms with E-state index in [1.807, 2.05) is 13.1 Å². The number of nitriles is 1. The monoisotopic (exact) mass is 393 g/mol. The number of rotatable bonds is 3. The molecule has 150 valence electrons. The number of hydrogen-bond acceptors (Lipinski definition) is 6. The van der Waals surface area contributed by atoms with Gasteiger partial charge in [0.2, 0.25) is 0 Å². The molecule has 0 radical (unpaired) electrons. The topological polar surface area (TPSA) is 85.1 Å². The van der Waals surface area contributed by atoms with E-state index in [0.717, 1.165) is 25.9 Å². The van der Waals surface area contributed by atoms with Crippen LogP contribution in [0, 0.1) is 29.0 Å². The summed E-state index contributed by atoms with van der Waals surface area (Å²) in [5.41, 5.74) is 0.0448. The lowest BCUT2D eigenvalue weighted by molar-refractivity contribution is 0.143. The number of aliphatic hydroxyl groups is 1. The molecular formula is C22H24FN5O. The average Bonchev–Trinajstić information content (AvgIpc) is 2.71. The molecule has 2 N–H and O–H groups in total. The second kappa shape index (κ2) is 8.57. The largest absolute Gasteiger partial charge is 0.378 e.